The maximum Gasteiger partial charge on any atom is 0.347 e. The molecule has 0 saturated heterocycles. The average Bonchev–Trinajstić information content (AvgIpc) is 3.46. The molecular formula is C24H21N7O. The number of hydrogen-bond donors (Lipinski definition) is 1. The molecule has 4 rings (SSSR count). The van der Waals surface area contributed by atoms with Crippen LogP contribution in [0.15, 0.2) is 53.3 Å². The van der Waals surface area contributed by atoms with Crippen LogP contribution in [0.1, 0.15) is 31.2 Å². The summed E-state index contributed by atoms with van der Waals surface area (Å²) in [7, 11) is 0. The zero-order chi connectivity index (χ0) is 22.3. The number of aryl methyl sites for hydroxylation is 1. The molecule has 158 valence electrons. The number of H-pyrrole nitrogens is 1. The molecule has 0 saturated carbocycles. The molecule has 0 atom stereocenters. The maximum absolute atomic E-state index is 12.8. The minimum absolute atomic E-state index is 0.216. The third-order valence-corrected chi connectivity index (χ3v) is 4.89. The van der Waals surface area contributed by atoms with Gasteiger partial charge in [-0.25, -0.2) is 9.48 Å². The van der Waals surface area contributed by atoms with E-state index < -0.39 is 0 Å². The summed E-state index contributed by atoms with van der Waals surface area (Å²) in [5.74, 6) is 9.50. The Hall–Kier alpha value is -4.43. The van der Waals surface area contributed by atoms with E-state index >= 15 is 0 Å². The van der Waals surface area contributed by atoms with Crippen molar-refractivity contribution in [2.45, 2.75) is 32.9 Å². The van der Waals surface area contributed by atoms with E-state index in [1.54, 1.807) is 4.57 Å². The quantitative estimate of drug-likeness (QED) is 0.481. The van der Waals surface area contributed by atoms with Gasteiger partial charge in [0.1, 0.15) is 0 Å². The first-order valence-corrected chi connectivity index (χ1v) is 10.2. The Morgan fingerprint density at radius 3 is 2.56 bits per heavy atom. The van der Waals surface area contributed by atoms with E-state index in [0.717, 1.165) is 22.3 Å². The van der Waals surface area contributed by atoms with Gasteiger partial charge < -0.3 is 0 Å². The molecule has 0 aliphatic carbocycles. The van der Waals surface area contributed by atoms with Crippen molar-refractivity contribution in [3.05, 3.63) is 70.4 Å². The second-order valence-corrected chi connectivity index (χ2v) is 7.00. The molecular weight excluding hydrogens is 402 g/mol. The third-order valence-electron chi connectivity index (χ3n) is 4.89. The van der Waals surface area contributed by atoms with Gasteiger partial charge in [0.25, 0.3) is 0 Å². The molecule has 2 aromatic heterocycles. The van der Waals surface area contributed by atoms with Crippen LogP contribution >= 0.6 is 0 Å². The summed E-state index contributed by atoms with van der Waals surface area (Å²) in [6, 6.07) is 15.9. The van der Waals surface area contributed by atoms with Gasteiger partial charge in [-0.3, -0.25) is 4.57 Å². The number of rotatable bonds is 6. The molecule has 0 spiro atoms. The van der Waals surface area contributed by atoms with E-state index in [4.69, 9.17) is 6.42 Å². The first kappa shape index (κ1) is 20.8. The number of aromatic nitrogens is 7. The molecule has 2 aromatic carbocycles. The normalized spacial score (nSPS) is 10.4. The highest BCUT2D eigenvalue weighted by Gasteiger charge is 2.13. The van der Waals surface area contributed by atoms with Gasteiger partial charge in [0.05, 0.1) is 13.1 Å². The molecule has 0 unspecified atom stereocenters. The van der Waals surface area contributed by atoms with E-state index in [1.807, 2.05) is 55.5 Å². The molecule has 2 heterocycles. The lowest BCUT2D eigenvalue weighted by molar-refractivity contribution is 0.592. The smallest absolute Gasteiger partial charge is 0.264 e. The standard InChI is InChI=1S/C24H21N7O/c1-3-5-11-22-27-31(16-6-4-2)24(32)30(22)17-18-12-14-19(15-13-18)20-9-7-8-10-21(20)23-25-28-29-26-23/h2,7-10,12-15H,3,6,16-17H2,1H3,(H,25,26,28,29). The van der Waals surface area contributed by atoms with Crippen LogP contribution in [-0.2, 0) is 13.1 Å². The predicted molar refractivity (Wildman–Crippen MR) is 121 cm³/mol. The van der Waals surface area contributed by atoms with Crippen LogP contribution in [0, 0.1) is 24.2 Å². The zero-order valence-corrected chi connectivity index (χ0v) is 17.6. The van der Waals surface area contributed by atoms with Crippen LogP contribution in [0.25, 0.3) is 22.5 Å². The number of benzene rings is 2. The molecule has 0 fully saturated rings. The minimum Gasteiger partial charge on any atom is -0.264 e. The highest BCUT2D eigenvalue weighted by molar-refractivity contribution is 5.80. The van der Waals surface area contributed by atoms with Crippen molar-refractivity contribution in [3.8, 4) is 46.7 Å². The summed E-state index contributed by atoms with van der Waals surface area (Å²) in [6.07, 6.45) is 6.45. The van der Waals surface area contributed by atoms with E-state index in [2.05, 4.69) is 43.5 Å². The average molecular weight is 423 g/mol. The molecule has 4 aromatic rings. The highest BCUT2D eigenvalue weighted by Crippen LogP contribution is 2.29. The number of nitrogens with zero attached hydrogens (tertiary/aromatic N) is 6. The molecule has 0 bridgehead atoms. The lowest BCUT2D eigenvalue weighted by atomic mass is 9.98. The summed E-state index contributed by atoms with van der Waals surface area (Å²) in [6.45, 7) is 2.69. The lowest BCUT2D eigenvalue weighted by Crippen LogP contribution is -2.25. The Balaban J connectivity index is 1.64. The highest BCUT2D eigenvalue weighted by atomic mass is 16.2. The fourth-order valence-corrected chi connectivity index (χ4v) is 3.34. The summed E-state index contributed by atoms with van der Waals surface area (Å²) in [4.78, 5) is 12.8. The summed E-state index contributed by atoms with van der Waals surface area (Å²) in [5, 5.41) is 18.7. The van der Waals surface area contributed by atoms with Gasteiger partial charge in [-0.1, -0.05) is 61.4 Å². The number of tetrazole rings is 1. The topological polar surface area (TPSA) is 94.3 Å². The first-order chi connectivity index (χ1) is 15.7. The fraction of sp³-hybridized carbons (Fsp3) is 0.208. The summed E-state index contributed by atoms with van der Waals surface area (Å²) < 4.78 is 2.97. The molecule has 0 radical (unpaired) electrons. The van der Waals surface area contributed by atoms with Gasteiger partial charge in [0, 0.05) is 18.4 Å². The molecule has 8 heteroatoms. The van der Waals surface area contributed by atoms with Gasteiger partial charge >= 0.3 is 5.69 Å². The van der Waals surface area contributed by atoms with Gasteiger partial charge in [-0.15, -0.1) is 27.6 Å². The lowest BCUT2D eigenvalue weighted by Gasteiger charge is -2.08. The molecule has 8 nitrogen and oxygen atoms in total. The van der Waals surface area contributed by atoms with Gasteiger partial charge in [-0.05, 0) is 27.8 Å². The number of hydrogen-bond acceptors (Lipinski definition) is 5. The number of aromatic amines is 1. The summed E-state index contributed by atoms with van der Waals surface area (Å²) in [5.41, 5.74) is 3.64. The van der Waals surface area contributed by atoms with Gasteiger partial charge in [-0.2, -0.15) is 5.21 Å². The van der Waals surface area contributed by atoms with Crippen molar-refractivity contribution in [1.82, 2.24) is 35.0 Å². The van der Waals surface area contributed by atoms with Crippen molar-refractivity contribution in [2.24, 2.45) is 0 Å². The van der Waals surface area contributed by atoms with Crippen molar-refractivity contribution < 1.29 is 0 Å². The molecule has 32 heavy (non-hydrogen) atoms. The fourth-order valence-electron chi connectivity index (χ4n) is 3.34. The van der Waals surface area contributed by atoms with Crippen LogP contribution in [0.3, 0.4) is 0 Å². The van der Waals surface area contributed by atoms with E-state index in [0.29, 0.717) is 37.6 Å². The van der Waals surface area contributed by atoms with Crippen molar-refractivity contribution in [2.75, 3.05) is 0 Å². The van der Waals surface area contributed by atoms with Crippen molar-refractivity contribution >= 4 is 0 Å². The van der Waals surface area contributed by atoms with Crippen LogP contribution in [-0.4, -0.2) is 35.0 Å². The molecule has 0 amide bonds. The maximum atomic E-state index is 12.8. The zero-order valence-electron chi connectivity index (χ0n) is 17.6. The largest absolute Gasteiger partial charge is 0.347 e. The predicted octanol–water partition coefficient (Wildman–Crippen LogP) is 2.73. The van der Waals surface area contributed by atoms with Crippen LogP contribution in [0.5, 0.6) is 0 Å². The number of terminal acetylenes is 1. The van der Waals surface area contributed by atoms with Crippen LogP contribution in [0.2, 0.25) is 0 Å². The van der Waals surface area contributed by atoms with Crippen molar-refractivity contribution in [3.63, 3.8) is 0 Å². The molecule has 0 aliphatic heterocycles. The van der Waals surface area contributed by atoms with Crippen LogP contribution in [0.4, 0.5) is 0 Å². The second-order valence-electron chi connectivity index (χ2n) is 7.00. The Morgan fingerprint density at radius 2 is 1.88 bits per heavy atom. The SMILES string of the molecule is C#CCCn1nc(C#CCC)n(Cc2ccc(-c3ccccc3-c3nn[nH]n3)cc2)c1=O. The molecule has 1 N–H and O–H groups in total. The Morgan fingerprint density at radius 1 is 1.09 bits per heavy atom. The van der Waals surface area contributed by atoms with Crippen LogP contribution < -0.4 is 5.69 Å². The molecule has 0 aliphatic rings. The monoisotopic (exact) mass is 423 g/mol. The first-order valence-electron chi connectivity index (χ1n) is 10.2. The summed E-state index contributed by atoms with van der Waals surface area (Å²) >= 11 is 0. The Bertz CT molecular complexity index is 1360. The third kappa shape index (κ3) is 4.35. The minimum atomic E-state index is -0.216. The Kier molecular flexibility index (Phi) is 6.24. The number of nitrogens with one attached hydrogen (secondary N) is 1. The van der Waals surface area contributed by atoms with Gasteiger partial charge in [0.15, 0.2) is 0 Å². The second kappa shape index (κ2) is 9.59. The van der Waals surface area contributed by atoms with E-state index in [-0.39, 0.29) is 5.69 Å². The van der Waals surface area contributed by atoms with Crippen molar-refractivity contribution in [1.29, 1.82) is 0 Å². The van der Waals surface area contributed by atoms with Gasteiger partial charge in [0.2, 0.25) is 11.6 Å². The van der Waals surface area contributed by atoms with E-state index in [9.17, 15) is 4.79 Å². The Labute approximate surface area is 185 Å². The van der Waals surface area contributed by atoms with E-state index in [1.165, 1.54) is 4.68 Å².